The highest BCUT2D eigenvalue weighted by atomic mass is 32.2. The second-order valence-electron chi connectivity index (χ2n) is 23.2. The second-order valence-corrected chi connectivity index (χ2v) is 24.6. The highest BCUT2D eigenvalue weighted by Crippen LogP contribution is 2.20. The van der Waals surface area contributed by atoms with Gasteiger partial charge in [0.15, 0.2) is 0 Å². The number of hydrogen-bond donors (Lipinski definition) is 5. The molecule has 9 aromatic heterocycles. The molecule has 0 saturated heterocycles. The molecule has 518 valence electrons. The molecule has 22 nitrogen and oxygen atoms in total. The number of halogens is 2. The normalized spacial score (nSPS) is 11.4. The molecule has 0 atom stereocenters. The second kappa shape index (κ2) is 40.0. The number of ether oxygens (including phenoxy) is 5. The number of fused-ring (bicyclic) bond motifs is 4. The third kappa shape index (κ3) is 27.4. The van der Waals surface area contributed by atoms with Gasteiger partial charge in [-0.25, -0.2) is 38.5 Å². The molecule has 0 unspecified atom stereocenters. The van der Waals surface area contributed by atoms with Crippen LogP contribution < -0.4 is 35.7 Å². The van der Waals surface area contributed by atoms with Crippen molar-refractivity contribution in [3.8, 4) is 28.7 Å². The number of pyridine rings is 5. The Morgan fingerprint density at radius 1 is 0.573 bits per heavy atom. The van der Waals surface area contributed by atoms with Gasteiger partial charge < -0.3 is 63.2 Å². The largest absolute Gasteiger partial charge is 0.506 e. The third-order valence-electron chi connectivity index (χ3n) is 13.9. The fourth-order valence-corrected chi connectivity index (χ4v) is 9.12. The highest BCUT2D eigenvalue weighted by molar-refractivity contribution is 7.85. The van der Waals surface area contributed by atoms with Crippen molar-refractivity contribution < 1.29 is 55.3 Å². The minimum atomic E-state index is -4.02. The number of carbonyl (C=O) groups excluding carboxylic acids is 1. The number of amides is 1. The number of nitrogens with two attached hydrogens (primary N) is 2. The first-order valence-corrected chi connectivity index (χ1v) is 33.4. The van der Waals surface area contributed by atoms with Crippen molar-refractivity contribution in [2.45, 2.75) is 143 Å². The molecule has 10 aromatic rings. The number of unbranched alkanes of at least 4 members (excludes halogenated alkanes) is 4. The number of nitrogens with zero attached hydrogens (tertiary/aromatic N) is 9. The zero-order chi connectivity index (χ0) is 70.0. The molecule has 0 aliphatic heterocycles. The van der Waals surface area contributed by atoms with Gasteiger partial charge in [-0.15, -0.1) is 0 Å². The van der Waals surface area contributed by atoms with Gasteiger partial charge in [0.2, 0.25) is 0 Å². The summed E-state index contributed by atoms with van der Waals surface area (Å²) in [6.07, 6.45) is 30.5. The summed E-state index contributed by atoms with van der Waals surface area (Å²) < 4.78 is 89.0. The number of carbonyl (C=O) groups is 1. The number of benzene rings is 1. The molecule has 9 heterocycles. The number of rotatable bonds is 24. The van der Waals surface area contributed by atoms with Gasteiger partial charge in [-0.3, -0.25) is 4.55 Å². The lowest BCUT2D eigenvalue weighted by atomic mass is 10.2. The van der Waals surface area contributed by atoms with E-state index in [2.05, 4.69) is 64.1 Å². The summed E-state index contributed by atoms with van der Waals surface area (Å²) in [5, 5.41) is 11.8. The van der Waals surface area contributed by atoms with Gasteiger partial charge in [-0.05, 0) is 152 Å². The minimum absolute atomic E-state index is 0.0138. The van der Waals surface area contributed by atoms with Crippen molar-refractivity contribution in [1.82, 2.24) is 47.8 Å². The lowest BCUT2D eigenvalue weighted by molar-refractivity contribution is 0.0531. The quantitative estimate of drug-likeness (QED) is 0.0351. The molecule has 10 rings (SSSR count). The van der Waals surface area contributed by atoms with E-state index in [-0.39, 0.29) is 36.9 Å². The lowest BCUT2D eigenvalue weighted by Crippen LogP contribution is -2.34. The first-order valence-electron chi connectivity index (χ1n) is 31.9. The summed E-state index contributed by atoms with van der Waals surface area (Å²) in [6.45, 7) is 16.2. The van der Waals surface area contributed by atoms with Crippen LogP contribution in [0.1, 0.15) is 128 Å². The summed E-state index contributed by atoms with van der Waals surface area (Å²) in [5.74, 6) is 3.64. The molecule has 0 fully saturated rings. The van der Waals surface area contributed by atoms with Gasteiger partial charge in [-0.1, -0.05) is 71.1 Å². The van der Waals surface area contributed by atoms with E-state index >= 15 is 0 Å². The fraction of sp³-hybridized carbons (Fsp3) is 0.380. The number of aromatic hydroxyl groups is 1. The molecule has 0 radical (unpaired) electrons. The first-order chi connectivity index (χ1) is 46.0. The first kappa shape index (κ1) is 77.1. The van der Waals surface area contributed by atoms with Crippen LogP contribution in [0.5, 0.6) is 28.7 Å². The molecule has 7 N–H and O–H groups in total. The number of methoxy groups -OCH3 is 2. The Bertz CT molecular complexity index is 4130. The minimum Gasteiger partial charge on any atom is -0.506 e. The Morgan fingerprint density at radius 2 is 0.969 bits per heavy atom. The molecule has 1 amide bonds. The van der Waals surface area contributed by atoms with E-state index in [1.165, 1.54) is 31.4 Å². The number of alkyl carbamates (subject to hydrolysis) is 1. The average molecular weight is 1350 g/mol. The zero-order valence-corrected chi connectivity index (χ0v) is 57.6. The van der Waals surface area contributed by atoms with Gasteiger partial charge >= 0.3 is 6.09 Å². The van der Waals surface area contributed by atoms with Crippen molar-refractivity contribution in [2.75, 3.05) is 46.3 Å². The van der Waals surface area contributed by atoms with Gasteiger partial charge in [0.05, 0.1) is 85.5 Å². The molecule has 1 aromatic carbocycles. The van der Waals surface area contributed by atoms with Gasteiger partial charge in [0.25, 0.3) is 10.1 Å². The predicted octanol–water partition coefficient (Wildman–Crippen LogP) is 14.3. The maximum atomic E-state index is 13.1. The number of hydrogen-bond acceptors (Lipinski definition) is 16. The van der Waals surface area contributed by atoms with E-state index in [4.69, 9.17) is 39.7 Å². The summed E-state index contributed by atoms with van der Waals surface area (Å²) in [5.41, 5.74) is 19.8. The van der Waals surface area contributed by atoms with Gasteiger partial charge in [0.1, 0.15) is 76.0 Å². The molecule has 25 heteroatoms. The summed E-state index contributed by atoms with van der Waals surface area (Å²) in [4.78, 5) is 33.4. The number of imidazole rings is 4. The van der Waals surface area contributed by atoms with E-state index in [0.29, 0.717) is 41.1 Å². The van der Waals surface area contributed by atoms with Crippen LogP contribution in [0.4, 0.5) is 19.4 Å². The topological polar surface area (TPSA) is 284 Å². The van der Waals surface area contributed by atoms with Crippen LogP contribution >= 0.6 is 0 Å². The highest BCUT2D eigenvalue weighted by Gasteiger charge is 2.17. The molecule has 0 aliphatic carbocycles. The van der Waals surface area contributed by atoms with Crippen LogP contribution in [-0.4, -0.2) is 113 Å². The van der Waals surface area contributed by atoms with Crippen LogP contribution in [0.15, 0.2) is 169 Å². The van der Waals surface area contributed by atoms with E-state index in [1.54, 1.807) is 83.8 Å². The van der Waals surface area contributed by atoms with Crippen LogP contribution in [0.2, 0.25) is 0 Å². The van der Waals surface area contributed by atoms with Crippen molar-refractivity contribution in [1.29, 1.82) is 0 Å². The molecular formula is C71H94F2N12O10S. The number of aromatic nitrogens is 9. The molecule has 96 heavy (non-hydrogen) atoms. The molecule has 0 bridgehead atoms. The maximum absolute atomic E-state index is 13.1. The number of anilines is 1. The number of aryl methyl sites for hydroxylation is 5. The van der Waals surface area contributed by atoms with E-state index in [9.17, 15) is 27.1 Å². The van der Waals surface area contributed by atoms with E-state index in [1.807, 2.05) is 98.1 Å². The Balaban J connectivity index is 0.000000216. The SMILES string of the molecule is CCCCc1cn2cc(O)ccc2n1.CCCCc1cn2cc(OC)ccc2n1.CCCCc1cn2cc(OC/C(=C\F)CN)ccc2n1.CCCCc1cn2cc(OC/C(=C\F)CNC(=O)OC(C)(C)C)ccc2n1.COc1ccc(N)nc1.Cc1ccc(S(=O)(=O)O)cc1. The third-order valence-corrected chi connectivity index (χ3v) is 14.7. The van der Waals surface area contributed by atoms with Crippen molar-refractivity contribution in [2.24, 2.45) is 5.73 Å². The van der Waals surface area contributed by atoms with Gasteiger partial charge in [-0.2, -0.15) is 8.42 Å². The molecule has 0 spiro atoms. The Morgan fingerprint density at radius 3 is 1.34 bits per heavy atom. The van der Waals surface area contributed by atoms with Crippen molar-refractivity contribution in [3.63, 3.8) is 0 Å². The monoisotopic (exact) mass is 1340 g/mol. The fourth-order valence-electron chi connectivity index (χ4n) is 8.64. The predicted molar refractivity (Wildman–Crippen MR) is 372 cm³/mol. The Labute approximate surface area is 561 Å². The number of nitrogens with one attached hydrogen (secondary N) is 1. The zero-order valence-electron chi connectivity index (χ0n) is 56.8. The molecular weight excluding hydrogens is 1250 g/mol. The lowest BCUT2D eigenvalue weighted by Gasteiger charge is -2.20. The van der Waals surface area contributed by atoms with Crippen LogP contribution in [0, 0.1) is 6.92 Å². The average Bonchev–Trinajstić information content (AvgIpc) is 1.71. The smallest absolute Gasteiger partial charge is 0.407 e. The van der Waals surface area contributed by atoms with E-state index < -0.39 is 21.8 Å². The number of nitrogen functional groups attached to an aromatic ring is 1. The Kier molecular flexibility index (Phi) is 32.1. The standard InChI is InChI=1S/C20H28FN3O3.C15H20FN3O.C12H16N2O.C11H14N2O.C7H8O3S.C6H8N2O/c1-5-6-7-16-12-24-13-17(8-9-18(24)23-16)26-14-15(10-21)11-22-19(25)27-20(2,3)4;1-2-3-4-13-9-19-10-14(5-6-15(19)18-13)20-11-12(7-16)8-17;1-3-4-5-10-8-14-9-11(15-2)6-7-12(14)13-10;1-2-3-4-9-7-13-8-10(14)5-6-11(13)12-9;1-6-2-4-7(5-3-6)11(8,9)10;1-9-5-2-3-6(7)8-4-5/h8-10,12-13H,5-7,11,14H2,1-4H3,(H,22,25);5-7,9-10H,2-4,8,11,17H2,1H3;6-9H,3-5H2,1-2H3;5-8,14H,2-4H2,1H3;2-5H,1H3,(H,8,9,10);2-4H,1H3,(H2,7,8)/b15-10-;12-7-;;;;. The van der Waals surface area contributed by atoms with Crippen LogP contribution in [0.3, 0.4) is 0 Å². The van der Waals surface area contributed by atoms with Crippen LogP contribution in [-0.2, 0) is 40.5 Å². The molecule has 0 saturated carbocycles. The maximum Gasteiger partial charge on any atom is 0.407 e. The summed E-state index contributed by atoms with van der Waals surface area (Å²) >= 11 is 0. The van der Waals surface area contributed by atoms with Crippen LogP contribution in [0.25, 0.3) is 22.6 Å². The summed E-state index contributed by atoms with van der Waals surface area (Å²) in [6, 6.07) is 24.2. The molecule has 0 aliphatic rings. The Hall–Kier alpha value is -9.59. The van der Waals surface area contributed by atoms with Gasteiger partial charge in [0, 0.05) is 49.0 Å². The summed E-state index contributed by atoms with van der Waals surface area (Å²) in [7, 11) is -0.752. The van der Waals surface area contributed by atoms with Crippen molar-refractivity contribution >= 4 is 44.6 Å². The van der Waals surface area contributed by atoms with E-state index in [0.717, 1.165) is 120 Å². The van der Waals surface area contributed by atoms with Crippen molar-refractivity contribution in [3.05, 3.63) is 193 Å².